The Morgan fingerprint density at radius 2 is 1.67 bits per heavy atom. The third-order valence-electron chi connectivity index (χ3n) is 5.06. The van der Waals surface area contributed by atoms with Gasteiger partial charge in [0.25, 0.3) is 0 Å². The maximum absolute atomic E-state index is 12.5. The van der Waals surface area contributed by atoms with Gasteiger partial charge in [-0.05, 0) is 49.3 Å². The van der Waals surface area contributed by atoms with Gasteiger partial charge >= 0.3 is 6.03 Å². The number of nitrogens with one attached hydrogen (secondary N) is 1. The average molecular weight is 348 g/mol. The van der Waals surface area contributed by atoms with E-state index in [0.717, 1.165) is 31.5 Å². The molecule has 2 amide bonds. The van der Waals surface area contributed by atoms with Crippen molar-refractivity contribution in [3.05, 3.63) is 42.0 Å². The van der Waals surface area contributed by atoms with Gasteiger partial charge in [0.2, 0.25) is 0 Å². The van der Waals surface area contributed by atoms with Gasteiger partial charge in [0.05, 0.1) is 10.9 Å². The molecule has 0 saturated carbocycles. The van der Waals surface area contributed by atoms with E-state index in [9.17, 15) is 13.2 Å². The Morgan fingerprint density at radius 1 is 1.12 bits per heavy atom. The molecule has 1 aliphatic carbocycles. The summed E-state index contributed by atoms with van der Waals surface area (Å²) in [4.78, 5) is 14.7. The lowest BCUT2D eigenvalue weighted by molar-refractivity contribution is 0.203. The monoisotopic (exact) mass is 348 g/mol. The predicted molar refractivity (Wildman–Crippen MR) is 93.4 cm³/mol. The Morgan fingerprint density at radius 3 is 2.17 bits per heavy atom. The van der Waals surface area contributed by atoms with Crippen LogP contribution in [0.2, 0.25) is 0 Å². The predicted octanol–water partition coefficient (Wildman–Crippen LogP) is 2.76. The van der Waals surface area contributed by atoms with E-state index in [4.69, 9.17) is 0 Å². The summed E-state index contributed by atoms with van der Waals surface area (Å²) in [6.07, 6.45) is 7.76. The smallest absolute Gasteiger partial charge is 0.317 e. The highest BCUT2D eigenvalue weighted by Crippen LogP contribution is 2.32. The molecule has 2 aliphatic rings. The van der Waals surface area contributed by atoms with Crippen molar-refractivity contribution in [3.8, 4) is 0 Å². The third kappa shape index (κ3) is 3.64. The number of carbonyl (C=O) groups excluding carboxylic acids is 1. The van der Waals surface area contributed by atoms with Crippen LogP contribution in [-0.2, 0) is 9.84 Å². The van der Waals surface area contributed by atoms with Crippen LogP contribution in [0.3, 0.4) is 0 Å². The van der Waals surface area contributed by atoms with Gasteiger partial charge in [0, 0.05) is 19.3 Å². The normalized spacial score (nSPS) is 24.5. The van der Waals surface area contributed by atoms with Gasteiger partial charge in [-0.15, -0.1) is 0 Å². The number of urea groups is 1. The summed E-state index contributed by atoms with van der Waals surface area (Å²) in [6, 6.07) is 6.49. The lowest BCUT2D eigenvalue weighted by atomic mass is 9.86. The van der Waals surface area contributed by atoms with Crippen molar-refractivity contribution >= 4 is 15.9 Å². The van der Waals surface area contributed by atoms with E-state index in [1.807, 2.05) is 11.8 Å². The molecular formula is C18H24N2O3S. The molecule has 0 bridgehead atoms. The summed E-state index contributed by atoms with van der Waals surface area (Å²) in [7, 11) is -3.20. The summed E-state index contributed by atoms with van der Waals surface area (Å²) in [6.45, 7) is 3.55. The molecule has 3 atom stereocenters. The van der Waals surface area contributed by atoms with Crippen LogP contribution in [0.25, 0.3) is 0 Å². The maximum Gasteiger partial charge on any atom is 0.317 e. The third-order valence-corrected chi connectivity index (χ3v) is 6.18. The van der Waals surface area contributed by atoms with Crippen molar-refractivity contribution in [2.24, 2.45) is 11.8 Å². The molecule has 1 saturated heterocycles. The van der Waals surface area contributed by atoms with Gasteiger partial charge in [-0.3, -0.25) is 0 Å². The Hall–Kier alpha value is -1.82. The van der Waals surface area contributed by atoms with Gasteiger partial charge < -0.3 is 10.2 Å². The van der Waals surface area contributed by atoms with Gasteiger partial charge in [-0.25, -0.2) is 13.2 Å². The molecule has 0 spiro atoms. The number of hydrogen-bond donors (Lipinski definition) is 1. The second kappa shape index (κ2) is 6.59. The number of fused-ring (bicyclic) bond motifs is 1. The van der Waals surface area contributed by atoms with Crippen molar-refractivity contribution in [1.29, 1.82) is 0 Å². The molecule has 1 fully saturated rings. The molecule has 1 heterocycles. The van der Waals surface area contributed by atoms with E-state index in [1.165, 1.54) is 6.26 Å². The van der Waals surface area contributed by atoms with Gasteiger partial charge in [-0.1, -0.05) is 24.3 Å². The van der Waals surface area contributed by atoms with Crippen molar-refractivity contribution in [2.45, 2.75) is 30.7 Å². The fourth-order valence-electron chi connectivity index (χ4n) is 3.54. The van der Waals surface area contributed by atoms with E-state index in [2.05, 4.69) is 17.5 Å². The molecule has 0 radical (unpaired) electrons. The highest BCUT2D eigenvalue weighted by molar-refractivity contribution is 7.90. The molecule has 24 heavy (non-hydrogen) atoms. The lowest BCUT2D eigenvalue weighted by Gasteiger charge is -2.21. The number of likely N-dealkylation sites (tertiary alicyclic amines) is 1. The summed E-state index contributed by atoms with van der Waals surface area (Å²) in [5, 5.41) is 3.02. The van der Waals surface area contributed by atoms with E-state index in [0.29, 0.717) is 16.7 Å². The number of hydrogen-bond acceptors (Lipinski definition) is 3. The molecule has 5 nitrogen and oxygen atoms in total. The molecule has 1 aliphatic heterocycles. The first-order chi connectivity index (χ1) is 11.3. The molecule has 1 aromatic rings. The first-order valence-electron chi connectivity index (χ1n) is 8.35. The number of sulfone groups is 1. The quantitative estimate of drug-likeness (QED) is 0.854. The summed E-state index contributed by atoms with van der Waals surface area (Å²) in [5.74, 6) is 1.18. The van der Waals surface area contributed by atoms with Crippen LogP contribution in [0, 0.1) is 11.8 Å². The van der Waals surface area contributed by atoms with Crippen LogP contribution < -0.4 is 5.32 Å². The molecule has 1 aromatic carbocycles. The van der Waals surface area contributed by atoms with Crippen molar-refractivity contribution in [1.82, 2.24) is 10.2 Å². The maximum atomic E-state index is 12.5. The lowest BCUT2D eigenvalue weighted by Crippen LogP contribution is -2.39. The highest BCUT2D eigenvalue weighted by atomic mass is 32.2. The van der Waals surface area contributed by atoms with Gasteiger partial charge in [-0.2, -0.15) is 0 Å². The van der Waals surface area contributed by atoms with Gasteiger partial charge in [0.1, 0.15) is 0 Å². The van der Waals surface area contributed by atoms with Crippen molar-refractivity contribution in [2.75, 3.05) is 19.3 Å². The van der Waals surface area contributed by atoms with Crippen LogP contribution in [0.1, 0.15) is 31.4 Å². The molecule has 3 rings (SSSR count). The van der Waals surface area contributed by atoms with E-state index >= 15 is 0 Å². The second-order valence-electron chi connectivity index (χ2n) is 6.88. The fourth-order valence-corrected chi connectivity index (χ4v) is 4.17. The van der Waals surface area contributed by atoms with Crippen LogP contribution >= 0.6 is 0 Å². The standard InChI is InChI=1S/C18H24N2O3S/c1-13(14-7-9-17(10-8-14)24(2,22)23)19-18(21)20-11-15-5-3-4-6-16(15)12-20/h3-4,7-10,13,15-16H,5-6,11-12H2,1-2H3,(H,19,21)/t13-,15-,16-/m0/s1. The zero-order valence-corrected chi connectivity index (χ0v) is 14.9. The minimum Gasteiger partial charge on any atom is -0.331 e. The van der Waals surface area contributed by atoms with E-state index in [1.54, 1.807) is 24.3 Å². The number of carbonyl (C=O) groups is 1. The molecule has 1 N–H and O–H groups in total. The Balaban J connectivity index is 1.60. The van der Waals surface area contributed by atoms with Crippen molar-refractivity contribution in [3.63, 3.8) is 0 Å². The van der Waals surface area contributed by atoms with Crippen LogP contribution in [0.5, 0.6) is 0 Å². The first-order valence-corrected chi connectivity index (χ1v) is 10.2. The Bertz CT molecular complexity index is 724. The largest absolute Gasteiger partial charge is 0.331 e. The minimum absolute atomic E-state index is 0.0379. The Kier molecular flexibility index (Phi) is 4.67. The molecule has 6 heteroatoms. The van der Waals surface area contributed by atoms with Crippen molar-refractivity contribution < 1.29 is 13.2 Å². The first kappa shape index (κ1) is 17.0. The average Bonchev–Trinajstić information content (AvgIpc) is 2.98. The minimum atomic E-state index is -3.20. The molecule has 0 aromatic heterocycles. The van der Waals surface area contributed by atoms with E-state index in [-0.39, 0.29) is 12.1 Å². The van der Waals surface area contributed by atoms with E-state index < -0.39 is 9.84 Å². The number of benzene rings is 1. The Labute approximate surface area is 143 Å². The van der Waals surface area contributed by atoms with Crippen LogP contribution in [0.15, 0.2) is 41.3 Å². The van der Waals surface area contributed by atoms with Gasteiger partial charge in [0.15, 0.2) is 9.84 Å². The summed E-state index contributed by atoms with van der Waals surface area (Å²) in [5.41, 5.74) is 0.897. The SMILES string of the molecule is C[C@H](NC(=O)N1C[C@@H]2CC=CC[C@H]2C1)c1ccc(S(C)(=O)=O)cc1. The molecule has 0 unspecified atom stereocenters. The summed E-state index contributed by atoms with van der Waals surface area (Å²) >= 11 is 0. The zero-order valence-electron chi connectivity index (χ0n) is 14.1. The number of rotatable bonds is 3. The number of nitrogens with zero attached hydrogens (tertiary/aromatic N) is 1. The molecular weight excluding hydrogens is 324 g/mol. The molecule has 130 valence electrons. The fraction of sp³-hybridized carbons (Fsp3) is 0.500. The summed E-state index contributed by atoms with van der Waals surface area (Å²) < 4.78 is 23.0. The number of amides is 2. The van der Waals surface area contributed by atoms with Crippen LogP contribution in [-0.4, -0.2) is 38.7 Å². The second-order valence-corrected chi connectivity index (χ2v) is 8.90. The highest BCUT2D eigenvalue weighted by Gasteiger charge is 2.35. The number of allylic oxidation sites excluding steroid dienone is 2. The van der Waals surface area contributed by atoms with Crippen LogP contribution in [0.4, 0.5) is 4.79 Å². The topological polar surface area (TPSA) is 66.5 Å². The zero-order chi connectivity index (χ0) is 17.3.